The third kappa shape index (κ3) is 2.97. The monoisotopic (exact) mass is 241 g/mol. The molecule has 0 saturated heterocycles. The highest BCUT2D eigenvalue weighted by Crippen LogP contribution is 2.45. The first-order chi connectivity index (χ1) is 8.00. The first-order valence-electron chi connectivity index (χ1n) is 6.24. The fraction of sp³-hybridized carbons (Fsp3) is 0.833. The number of amides is 2. The van der Waals surface area contributed by atoms with Crippen molar-refractivity contribution in [3.63, 3.8) is 0 Å². The van der Waals surface area contributed by atoms with Crippen molar-refractivity contribution in [2.24, 2.45) is 11.1 Å². The van der Waals surface area contributed by atoms with Gasteiger partial charge in [0.15, 0.2) is 0 Å². The number of carbonyl (C=O) groups is 2. The summed E-state index contributed by atoms with van der Waals surface area (Å²) in [5.74, 6) is 0.0131. The number of hydrogen-bond acceptors (Lipinski definition) is 3. The van der Waals surface area contributed by atoms with Crippen molar-refractivity contribution in [1.29, 1.82) is 0 Å². The molecule has 0 spiro atoms. The molecular weight excluding hydrogens is 218 g/mol. The minimum absolute atomic E-state index is 0.00123. The number of nitrogens with zero attached hydrogens (tertiary/aromatic N) is 2. The van der Waals surface area contributed by atoms with E-state index in [0.29, 0.717) is 19.6 Å². The summed E-state index contributed by atoms with van der Waals surface area (Å²) in [6.07, 6.45) is 1.71. The lowest BCUT2D eigenvalue weighted by atomic mass is 10.1. The number of carbonyl (C=O) groups excluding carboxylic acids is 2. The molecule has 98 valence electrons. The number of likely N-dealkylation sites (N-methyl/N-ethyl adjacent to an activating group) is 2. The maximum atomic E-state index is 12.1. The van der Waals surface area contributed by atoms with E-state index < -0.39 is 0 Å². The summed E-state index contributed by atoms with van der Waals surface area (Å²) in [6.45, 7) is 5.77. The van der Waals surface area contributed by atoms with Gasteiger partial charge >= 0.3 is 0 Å². The molecule has 1 aliphatic carbocycles. The molecule has 0 aromatic heterocycles. The Morgan fingerprint density at radius 2 is 1.76 bits per heavy atom. The van der Waals surface area contributed by atoms with E-state index in [1.165, 1.54) is 4.90 Å². The Bertz CT molecular complexity index is 296. The first-order valence-corrected chi connectivity index (χ1v) is 6.24. The molecule has 0 aromatic rings. The van der Waals surface area contributed by atoms with Crippen LogP contribution in [0.4, 0.5) is 0 Å². The average molecular weight is 241 g/mol. The summed E-state index contributed by atoms with van der Waals surface area (Å²) in [5, 5.41) is 0. The van der Waals surface area contributed by atoms with Crippen molar-refractivity contribution in [2.45, 2.75) is 26.7 Å². The standard InChI is InChI=1S/C12H23N3O2/c1-4-15(5-2)10(16)8-14(3)11(17)12(9-13)6-7-12/h4-9,13H2,1-3H3. The molecule has 5 nitrogen and oxygen atoms in total. The Morgan fingerprint density at radius 1 is 1.24 bits per heavy atom. The van der Waals surface area contributed by atoms with Gasteiger partial charge in [0.1, 0.15) is 0 Å². The van der Waals surface area contributed by atoms with Gasteiger partial charge in [-0.15, -0.1) is 0 Å². The fourth-order valence-electron chi connectivity index (χ4n) is 2.01. The van der Waals surface area contributed by atoms with Gasteiger partial charge in [0.05, 0.1) is 12.0 Å². The summed E-state index contributed by atoms with van der Waals surface area (Å²) in [5.41, 5.74) is 5.24. The van der Waals surface area contributed by atoms with E-state index in [2.05, 4.69) is 0 Å². The molecule has 0 radical (unpaired) electrons. The normalized spacial score (nSPS) is 16.5. The summed E-state index contributed by atoms with van der Waals surface area (Å²) in [4.78, 5) is 27.2. The second-order valence-corrected chi connectivity index (χ2v) is 4.71. The maximum Gasteiger partial charge on any atom is 0.242 e. The van der Waals surface area contributed by atoms with Gasteiger partial charge < -0.3 is 15.5 Å². The molecule has 2 amide bonds. The van der Waals surface area contributed by atoms with Crippen molar-refractivity contribution >= 4 is 11.8 Å². The van der Waals surface area contributed by atoms with Crippen LogP contribution in [0.5, 0.6) is 0 Å². The third-order valence-electron chi connectivity index (χ3n) is 3.53. The van der Waals surface area contributed by atoms with Crippen molar-refractivity contribution in [3.8, 4) is 0 Å². The van der Waals surface area contributed by atoms with Gasteiger partial charge in [-0.3, -0.25) is 9.59 Å². The van der Waals surface area contributed by atoms with E-state index in [4.69, 9.17) is 5.73 Å². The molecule has 5 heteroatoms. The molecule has 0 atom stereocenters. The first kappa shape index (κ1) is 14.0. The van der Waals surface area contributed by atoms with Gasteiger partial charge in [0.25, 0.3) is 0 Å². The molecule has 0 aliphatic heterocycles. The second kappa shape index (κ2) is 5.49. The lowest BCUT2D eigenvalue weighted by molar-refractivity contribution is -0.142. The van der Waals surface area contributed by atoms with E-state index in [1.54, 1.807) is 11.9 Å². The van der Waals surface area contributed by atoms with Crippen LogP contribution in [0.25, 0.3) is 0 Å². The Kier molecular flexibility index (Phi) is 4.51. The minimum atomic E-state index is -0.363. The highest BCUT2D eigenvalue weighted by atomic mass is 16.2. The molecular formula is C12H23N3O2. The number of rotatable bonds is 6. The van der Waals surface area contributed by atoms with Gasteiger partial charge in [-0.2, -0.15) is 0 Å². The van der Waals surface area contributed by atoms with Crippen LogP contribution in [0, 0.1) is 5.41 Å². The lowest BCUT2D eigenvalue weighted by Crippen LogP contribution is -2.44. The summed E-state index contributed by atoms with van der Waals surface area (Å²) in [7, 11) is 1.68. The third-order valence-corrected chi connectivity index (χ3v) is 3.53. The van der Waals surface area contributed by atoms with Crippen LogP contribution in [0.2, 0.25) is 0 Å². The zero-order valence-corrected chi connectivity index (χ0v) is 11.0. The van der Waals surface area contributed by atoms with Crippen LogP contribution >= 0.6 is 0 Å². The van der Waals surface area contributed by atoms with Crippen LogP contribution in [-0.4, -0.2) is 54.8 Å². The minimum Gasteiger partial charge on any atom is -0.342 e. The van der Waals surface area contributed by atoms with Crippen LogP contribution < -0.4 is 5.73 Å². The quantitative estimate of drug-likeness (QED) is 0.714. The molecule has 2 N–H and O–H groups in total. The number of hydrogen-bond donors (Lipinski definition) is 1. The van der Waals surface area contributed by atoms with Gasteiger partial charge in [0.2, 0.25) is 11.8 Å². The lowest BCUT2D eigenvalue weighted by Gasteiger charge is -2.25. The summed E-state index contributed by atoms with van der Waals surface area (Å²) in [6, 6.07) is 0. The smallest absolute Gasteiger partial charge is 0.242 e. The SMILES string of the molecule is CCN(CC)C(=O)CN(C)C(=O)C1(CN)CC1. The highest BCUT2D eigenvalue weighted by molar-refractivity contribution is 5.89. The molecule has 0 unspecified atom stereocenters. The molecule has 17 heavy (non-hydrogen) atoms. The molecule has 1 aliphatic rings. The summed E-state index contributed by atoms with van der Waals surface area (Å²) < 4.78 is 0. The summed E-state index contributed by atoms with van der Waals surface area (Å²) >= 11 is 0. The maximum absolute atomic E-state index is 12.1. The van der Waals surface area contributed by atoms with E-state index in [1.807, 2.05) is 13.8 Å². The number of nitrogens with two attached hydrogens (primary N) is 1. The predicted molar refractivity (Wildman–Crippen MR) is 66.3 cm³/mol. The van der Waals surface area contributed by atoms with Gasteiger partial charge in [-0.1, -0.05) is 0 Å². The van der Waals surface area contributed by atoms with Crippen molar-refractivity contribution < 1.29 is 9.59 Å². The van der Waals surface area contributed by atoms with Gasteiger partial charge in [-0.05, 0) is 26.7 Å². The van der Waals surface area contributed by atoms with Gasteiger partial charge in [-0.25, -0.2) is 0 Å². The zero-order valence-electron chi connectivity index (χ0n) is 11.0. The van der Waals surface area contributed by atoms with Crippen LogP contribution in [0.3, 0.4) is 0 Å². The molecule has 1 rings (SSSR count). The van der Waals surface area contributed by atoms with Gasteiger partial charge in [0, 0.05) is 26.7 Å². The average Bonchev–Trinajstić information content (AvgIpc) is 3.10. The van der Waals surface area contributed by atoms with Crippen LogP contribution in [0.1, 0.15) is 26.7 Å². The molecule has 0 bridgehead atoms. The Morgan fingerprint density at radius 3 is 2.12 bits per heavy atom. The molecule has 1 fully saturated rings. The van der Waals surface area contributed by atoms with E-state index in [9.17, 15) is 9.59 Å². The van der Waals surface area contributed by atoms with Crippen molar-refractivity contribution in [2.75, 3.05) is 33.2 Å². The molecule has 0 heterocycles. The molecule has 1 saturated carbocycles. The zero-order chi connectivity index (χ0) is 13.1. The van der Waals surface area contributed by atoms with Crippen molar-refractivity contribution in [1.82, 2.24) is 9.80 Å². The molecule has 0 aromatic carbocycles. The fourth-order valence-corrected chi connectivity index (χ4v) is 2.01. The predicted octanol–water partition coefficient (Wildman–Crippen LogP) is 0.0521. The highest BCUT2D eigenvalue weighted by Gasteiger charge is 2.50. The Balaban J connectivity index is 2.51. The van der Waals surface area contributed by atoms with Crippen molar-refractivity contribution in [3.05, 3.63) is 0 Å². The Labute approximate surface area is 103 Å². The van der Waals surface area contributed by atoms with Crippen LogP contribution in [0.15, 0.2) is 0 Å². The van der Waals surface area contributed by atoms with E-state index >= 15 is 0 Å². The Hall–Kier alpha value is -1.10. The topological polar surface area (TPSA) is 66.6 Å². The largest absolute Gasteiger partial charge is 0.342 e. The van der Waals surface area contributed by atoms with Crippen LogP contribution in [-0.2, 0) is 9.59 Å². The second-order valence-electron chi connectivity index (χ2n) is 4.71. The van der Waals surface area contributed by atoms with E-state index in [-0.39, 0.29) is 23.8 Å². The van der Waals surface area contributed by atoms with E-state index in [0.717, 1.165) is 12.8 Å².